The molecule has 1 aromatic carbocycles. The molecule has 15 heavy (non-hydrogen) atoms. The lowest BCUT2D eigenvalue weighted by Crippen LogP contribution is -1.98. The topological polar surface area (TPSA) is 64.1 Å². The first-order chi connectivity index (χ1) is 7.09. The molecular weight excluding hydrogens is 214 g/mol. The Morgan fingerprint density at radius 3 is 2.73 bits per heavy atom. The van der Waals surface area contributed by atoms with E-state index in [1.54, 1.807) is 25.4 Å². The van der Waals surface area contributed by atoms with E-state index in [2.05, 4.69) is 5.10 Å². The minimum Gasteiger partial charge on any atom is -0.507 e. The molecule has 2 aromatic rings. The number of benzene rings is 1. The van der Waals surface area contributed by atoms with Gasteiger partial charge in [0.1, 0.15) is 11.6 Å². The van der Waals surface area contributed by atoms with Crippen molar-refractivity contribution in [2.45, 2.75) is 0 Å². The molecule has 0 unspecified atom stereocenters. The van der Waals surface area contributed by atoms with Gasteiger partial charge < -0.3 is 10.8 Å². The number of nitrogens with zero attached hydrogens (tertiary/aromatic N) is 2. The van der Waals surface area contributed by atoms with E-state index in [-0.39, 0.29) is 5.75 Å². The Hall–Kier alpha value is -1.68. The van der Waals surface area contributed by atoms with Gasteiger partial charge in [0.05, 0.1) is 6.20 Å². The van der Waals surface area contributed by atoms with Crippen LogP contribution in [0.4, 0.5) is 5.82 Å². The van der Waals surface area contributed by atoms with Crippen LogP contribution in [-0.2, 0) is 7.05 Å². The number of aromatic hydroxyl groups is 1. The van der Waals surface area contributed by atoms with Crippen LogP contribution in [-0.4, -0.2) is 14.9 Å². The molecule has 2 rings (SSSR count). The molecule has 0 spiro atoms. The molecule has 3 N–H and O–H groups in total. The van der Waals surface area contributed by atoms with Crippen LogP contribution in [0.1, 0.15) is 0 Å². The fraction of sp³-hybridized carbons (Fsp3) is 0.100. The van der Waals surface area contributed by atoms with Crippen LogP contribution in [0.3, 0.4) is 0 Å². The molecule has 0 saturated heterocycles. The highest BCUT2D eigenvalue weighted by Crippen LogP contribution is 2.34. The quantitative estimate of drug-likeness (QED) is 0.778. The van der Waals surface area contributed by atoms with Gasteiger partial charge >= 0.3 is 0 Å². The molecular formula is C10H10ClN3O. The molecule has 0 aliphatic rings. The van der Waals surface area contributed by atoms with Gasteiger partial charge in [0, 0.05) is 23.2 Å². The number of anilines is 1. The normalized spacial score (nSPS) is 10.5. The number of hydrogen-bond donors (Lipinski definition) is 2. The highest BCUT2D eigenvalue weighted by atomic mass is 35.5. The number of aromatic nitrogens is 2. The number of phenolic OH excluding ortho intramolecular Hbond substituents is 1. The van der Waals surface area contributed by atoms with E-state index in [0.29, 0.717) is 22.0 Å². The lowest BCUT2D eigenvalue weighted by atomic mass is 10.1. The summed E-state index contributed by atoms with van der Waals surface area (Å²) in [5.74, 6) is 0.631. The zero-order valence-electron chi connectivity index (χ0n) is 8.11. The maximum Gasteiger partial charge on any atom is 0.129 e. The number of aryl methyl sites for hydroxylation is 1. The molecule has 0 aliphatic heterocycles. The van der Waals surface area contributed by atoms with E-state index in [1.807, 2.05) is 0 Å². The Labute approximate surface area is 91.9 Å². The Bertz CT molecular complexity index is 507. The second-order valence-corrected chi connectivity index (χ2v) is 3.66. The van der Waals surface area contributed by atoms with Gasteiger partial charge in [0.2, 0.25) is 0 Å². The number of halogens is 1. The van der Waals surface area contributed by atoms with Crippen molar-refractivity contribution in [2.75, 3.05) is 5.73 Å². The first-order valence-corrected chi connectivity index (χ1v) is 4.73. The smallest absolute Gasteiger partial charge is 0.129 e. The van der Waals surface area contributed by atoms with Crippen molar-refractivity contribution in [1.82, 2.24) is 9.78 Å². The van der Waals surface area contributed by atoms with Gasteiger partial charge in [0.15, 0.2) is 0 Å². The van der Waals surface area contributed by atoms with Crippen LogP contribution in [0.5, 0.6) is 5.75 Å². The third kappa shape index (κ3) is 1.64. The number of rotatable bonds is 1. The van der Waals surface area contributed by atoms with Gasteiger partial charge in [-0.25, -0.2) is 0 Å². The molecule has 0 saturated carbocycles. The second-order valence-electron chi connectivity index (χ2n) is 3.23. The summed E-state index contributed by atoms with van der Waals surface area (Å²) in [6.07, 6.45) is 1.60. The molecule has 78 valence electrons. The summed E-state index contributed by atoms with van der Waals surface area (Å²) in [5, 5.41) is 14.2. The van der Waals surface area contributed by atoms with E-state index in [1.165, 1.54) is 10.7 Å². The van der Waals surface area contributed by atoms with Crippen LogP contribution < -0.4 is 5.73 Å². The monoisotopic (exact) mass is 223 g/mol. The summed E-state index contributed by atoms with van der Waals surface area (Å²) in [4.78, 5) is 0. The zero-order valence-corrected chi connectivity index (χ0v) is 8.86. The van der Waals surface area contributed by atoms with Crippen molar-refractivity contribution in [3.05, 3.63) is 29.4 Å². The van der Waals surface area contributed by atoms with Gasteiger partial charge in [-0.1, -0.05) is 11.6 Å². The molecule has 0 atom stereocenters. The zero-order chi connectivity index (χ0) is 11.0. The number of phenols is 1. The summed E-state index contributed by atoms with van der Waals surface area (Å²) in [6.45, 7) is 0. The van der Waals surface area contributed by atoms with Gasteiger partial charge in [0.25, 0.3) is 0 Å². The van der Waals surface area contributed by atoms with E-state index < -0.39 is 0 Å². The van der Waals surface area contributed by atoms with Crippen LogP contribution in [0.25, 0.3) is 11.1 Å². The standard InChI is InChI=1S/C10H10ClN3O/c1-14-10(12)8(5-13-14)7-4-6(11)2-3-9(7)15/h2-5,15H,12H2,1H3. The predicted molar refractivity (Wildman–Crippen MR) is 59.7 cm³/mol. The SMILES string of the molecule is Cn1ncc(-c2cc(Cl)ccc2O)c1N. The number of nitrogens with two attached hydrogens (primary N) is 1. The van der Waals surface area contributed by atoms with Crippen molar-refractivity contribution in [2.24, 2.45) is 7.05 Å². The Kier molecular flexibility index (Phi) is 2.28. The third-order valence-electron chi connectivity index (χ3n) is 2.23. The average molecular weight is 224 g/mol. The fourth-order valence-corrected chi connectivity index (χ4v) is 1.55. The predicted octanol–water partition coefficient (Wildman–Crippen LogP) is 2.03. The fourth-order valence-electron chi connectivity index (χ4n) is 1.38. The minimum atomic E-state index is 0.138. The van der Waals surface area contributed by atoms with Crippen LogP contribution in [0.15, 0.2) is 24.4 Å². The van der Waals surface area contributed by atoms with Crippen LogP contribution >= 0.6 is 11.6 Å². The van der Waals surface area contributed by atoms with E-state index in [0.717, 1.165) is 0 Å². The molecule has 5 heteroatoms. The lowest BCUT2D eigenvalue weighted by Gasteiger charge is -2.04. The highest BCUT2D eigenvalue weighted by Gasteiger charge is 2.11. The average Bonchev–Trinajstić information content (AvgIpc) is 2.52. The maximum atomic E-state index is 9.67. The number of nitrogen functional groups attached to an aromatic ring is 1. The first-order valence-electron chi connectivity index (χ1n) is 4.36. The number of hydrogen-bond acceptors (Lipinski definition) is 3. The summed E-state index contributed by atoms with van der Waals surface area (Å²) in [5.41, 5.74) is 7.07. The molecule has 4 nitrogen and oxygen atoms in total. The van der Waals surface area contributed by atoms with Crippen LogP contribution in [0, 0.1) is 0 Å². The highest BCUT2D eigenvalue weighted by molar-refractivity contribution is 6.31. The molecule has 0 amide bonds. The van der Waals surface area contributed by atoms with Gasteiger partial charge in [-0.3, -0.25) is 4.68 Å². The molecule has 0 radical (unpaired) electrons. The molecule has 0 bridgehead atoms. The molecule has 0 fully saturated rings. The Morgan fingerprint density at radius 2 is 2.13 bits per heavy atom. The molecule has 1 heterocycles. The first kappa shape index (κ1) is 9.86. The summed E-state index contributed by atoms with van der Waals surface area (Å²) >= 11 is 5.85. The third-order valence-corrected chi connectivity index (χ3v) is 2.47. The maximum absolute atomic E-state index is 9.67. The lowest BCUT2D eigenvalue weighted by molar-refractivity contribution is 0.477. The summed E-state index contributed by atoms with van der Waals surface area (Å²) in [6, 6.07) is 4.81. The van der Waals surface area contributed by atoms with Crippen molar-refractivity contribution in [1.29, 1.82) is 0 Å². The van der Waals surface area contributed by atoms with E-state index in [9.17, 15) is 5.11 Å². The van der Waals surface area contributed by atoms with E-state index >= 15 is 0 Å². The second kappa shape index (κ2) is 3.47. The van der Waals surface area contributed by atoms with Gasteiger partial charge in [-0.2, -0.15) is 5.10 Å². The van der Waals surface area contributed by atoms with Crippen molar-refractivity contribution >= 4 is 17.4 Å². The van der Waals surface area contributed by atoms with Gasteiger partial charge in [-0.05, 0) is 18.2 Å². The van der Waals surface area contributed by atoms with Crippen molar-refractivity contribution in [3.8, 4) is 16.9 Å². The summed E-state index contributed by atoms with van der Waals surface area (Å²) in [7, 11) is 1.74. The summed E-state index contributed by atoms with van der Waals surface area (Å²) < 4.78 is 1.54. The minimum absolute atomic E-state index is 0.138. The Morgan fingerprint density at radius 1 is 1.40 bits per heavy atom. The largest absolute Gasteiger partial charge is 0.507 e. The van der Waals surface area contributed by atoms with Crippen molar-refractivity contribution < 1.29 is 5.11 Å². The van der Waals surface area contributed by atoms with Crippen LogP contribution in [0.2, 0.25) is 5.02 Å². The van der Waals surface area contributed by atoms with E-state index in [4.69, 9.17) is 17.3 Å². The van der Waals surface area contributed by atoms with Crippen molar-refractivity contribution in [3.63, 3.8) is 0 Å². The molecule has 1 aromatic heterocycles. The van der Waals surface area contributed by atoms with Gasteiger partial charge in [-0.15, -0.1) is 0 Å². The molecule has 0 aliphatic carbocycles. The Balaban J connectivity index is 2.63.